The maximum absolute atomic E-state index is 3.67. The molecule has 2 heteroatoms. The van der Waals surface area contributed by atoms with Crippen molar-refractivity contribution >= 4 is 10.9 Å². The van der Waals surface area contributed by atoms with Crippen molar-refractivity contribution in [2.75, 3.05) is 6.54 Å². The normalized spacial score (nSPS) is 28.0. The number of para-hydroxylation sites is 1. The average molecular weight is 212 g/mol. The van der Waals surface area contributed by atoms with Gasteiger partial charge in [0.1, 0.15) is 0 Å². The summed E-state index contributed by atoms with van der Waals surface area (Å²) in [7, 11) is 0. The van der Waals surface area contributed by atoms with Crippen LogP contribution >= 0.6 is 0 Å². The second-order valence-electron chi connectivity index (χ2n) is 5.08. The van der Waals surface area contributed by atoms with Gasteiger partial charge in [0.25, 0.3) is 0 Å². The third-order valence-electron chi connectivity index (χ3n) is 4.25. The molecule has 1 saturated heterocycles. The number of benzene rings is 1. The van der Waals surface area contributed by atoms with Crippen molar-refractivity contribution in [3.8, 4) is 0 Å². The number of hydrogen-bond acceptors (Lipinski definition) is 1. The third-order valence-corrected chi connectivity index (χ3v) is 4.25. The molecule has 2 aromatic rings. The molecule has 2 nitrogen and oxygen atoms in total. The van der Waals surface area contributed by atoms with E-state index in [9.17, 15) is 0 Å². The lowest BCUT2D eigenvalue weighted by Crippen LogP contribution is -2.23. The van der Waals surface area contributed by atoms with Crippen LogP contribution in [0.4, 0.5) is 0 Å². The van der Waals surface area contributed by atoms with Crippen molar-refractivity contribution in [1.82, 2.24) is 10.3 Å². The Labute approximate surface area is 95.1 Å². The number of aryl methyl sites for hydroxylation is 1. The minimum Gasteiger partial charge on any atom is -0.358 e. The predicted molar refractivity (Wildman–Crippen MR) is 65.5 cm³/mol. The Morgan fingerprint density at radius 3 is 3.06 bits per heavy atom. The van der Waals surface area contributed by atoms with Gasteiger partial charge in [-0.25, -0.2) is 0 Å². The molecule has 1 aromatic heterocycles. The highest BCUT2D eigenvalue weighted by molar-refractivity contribution is 5.85. The quantitative estimate of drug-likeness (QED) is 0.690. The van der Waals surface area contributed by atoms with Crippen LogP contribution in [0.2, 0.25) is 0 Å². The fraction of sp³-hybridized carbons (Fsp3) is 0.429. The zero-order valence-corrected chi connectivity index (χ0v) is 9.29. The molecule has 82 valence electrons. The summed E-state index contributed by atoms with van der Waals surface area (Å²) in [5.41, 5.74) is 4.34. The Hall–Kier alpha value is -1.28. The van der Waals surface area contributed by atoms with E-state index in [0.29, 0.717) is 6.04 Å². The maximum Gasteiger partial charge on any atom is 0.0459 e. The summed E-state index contributed by atoms with van der Waals surface area (Å²) in [6, 6.07) is 9.32. The first kappa shape index (κ1) is 8.82. The topological polar surface area (TPSA) is 27.8 Å². The van der Waals surface area contributed by atoms with E-state index >= 15 is 0 Å². The molecule has 0 bridgehead atoms. The lowest BCUT2D eigenvalue weighted by molar-refractivity contribution is 0.406. The smallest absolute Gasteiger partial charge is 0.0459 e. The molecule has 2 heterocycles. The summed E-state index contributed by atoms with van der Waals surface area (Å²) in [5.74, 6) is 0.867. The molecular weight excluding hydrogens is 196 g/mol. The van der Waals surface area contributed by atoms with Gasteiger partial charge in [-0.1, -0.05) is 18.2 Å². The van der Waals surface area contributed by atoms with Crippen LogP contribution in [0.15, 0.2) is 24.3 Å². The van der Waals surface area contributed by atoms with Crippen LogP contribution in [0.1, 0.15) is 30.1 Å². The van der Waals surface area contributed by atoms with E-state index in [1.165, 1.54) is 42.4 Å². The molecule has 0 amide bonds. The van der Waals surface area contributed by atoms with E-state index < -0.39 is 0 Å². The second-order valence-corrected chi connectivity index (χ2v) is 5.08. The van der Waals surface area contributed by atoms with Gasteiger partial charge in [-0.2, -0.15) is 0 Å². The Kier molecular flexibility index (Phi) is 1.71. The molecule has 1 aliphatic carbocycles. The summed E-state index contributed by atoms with van der Waals surface area (Å²) < 4.78 is 0. The highest BCUT2D eigenvalue weighted by atomic mass is 15.0. The standard InChI is InChI=1S/C14H16N2/c1-2-4-11-10(3-1)13-12(16-11)6-5-9-7-8-15-14(9)13/h1-4,9,14-16H,5-8H2/t9-,14+/m0/s1. The van der Waals surface area contributed by atoms with Gasteiger partial charge in [0.05, 0.1) is 0 Å². The lowest BCUT2D eigenvalue weighted by Gasteiger charge is -2.25. The van der Waals surface area contributed by atoms with Crippen molar-refractivity contribution < 1.29 is 0 Å². The maximum atomic E-state index is 3.67. The first-order valence-corrected chi connectivity index (χ1v) is 6.26. The number of aromatic amines is 1. The largest absolute Gasteiger partial charge is 0.358 e. The average Bonchev–Trinajstić information content (AvgIpc) is 2.91. The number of hydrogen-bond donors (Lipinski definition) is 2. The highest BCUT2D eigenvalue weighted by Crippen LogP contribution is 2.42. The van der Waals surface area contributed by atoms with Gasteiger partial charge in [-0.05, 0) is 43.4 Å². The molecule has 2 atom stereocenters. The Morgan fingerprint density at radius 2 is 2.06 bits per heavy atom. The van der Waals surface area contributed by atoms with E-state index in [2.05, 4.69) is 34.6 Å². The molecule has 4 rings (SSSR count). The van der Waals surface area contributed by atoms with E-state index in [0.717, 1.165) is 5.92 Å². The van der Waals surface area contributed by atoms with Crippen molar-refractivity contribution in [1.29, 1.82) is 0 Å². The summed E-state index contributed by atoms with van der Waals surface area (Å²) in [4.78, 5) is 3.59. The second kappa shape index (κ2) is 3.11. The van der Waals surface area contributed by atoms with Crippen LogP contribution < -0.4 is 5.32 Å². The van der Waals surface area contributed by atoms with Gasteiger partial charge >= 0.3 is 0 Å². The molecule has 0 unspecified atom stereocenters. The molecule has 0 radical (unpaired) electrons. The monoisotopic (exact) mass is 212 g/mol. The van der Waals surface area contributed by atoms with Crippen LogP contribution in [0.25, 0.3) is 10.9 Å². The summed E-state index contributed by atoms with van der Waals surface area (Å²) >= 11 is 0. The van der Waals surface area contributed by atoms with Crippen molar-refractivity contribution in [3.05, 3.63) is 35.5 Å². The predicted octanol–water partition coefficient (Wildman–Crippen LogP) is 2.76. The number of fused-ring (bicyclic) bond motifs is 5. The number of aromatic nitrogens is 1. The van der Waals surface area contributed by atoms with E-state index in [1.54, 1.807) is 5.56 Å². The fourth-order valence-corrected chi connectivity index (χ4v) is 3.51. The molecule has 0 saturated carbocycles. The Morgan fingerprint density at radius 1 is 1.12 bits per heavy atom. The van der Waals surface area contributed by atoms with E-state index in [1.807, 2.05) is 0 Å². The van der Waals surface area contributed by atoms with E-state index in [-0.39, 0.29) is 0 Å². The molecule has 0 spiro atoms. The minimum absolute atomic E-state index is 0.611. The molecular formula is C14H16N2. The van der Waals surface area contributed by atoms with Crippen molar-refractivity contribution in [3.63, 3.8) is 0 Å². The molecule has 2 aliphatic rings. The van der Waals surface area contributed by atoms with Crippen LogP contribution in [0.5, 0.6) is 0 Å². The third kappa shape index (κ3) is 1.05. The zero-order valence-electron chi connectivity index (χ0n) is 9.29. The molecule has 1 aliphatic heterocycles. The van der Waals surface area contributed by atoms with Gasteiger partial charge in [0.2, 0.25) is 0 Å². The first-order valence-electron chi connectivity index (χ1n) is 6.26. The SMILES string of the molecule is c1ccc2c3c([nH]c2c1)CC[C@H]1CCN[C@@H]31. The van der Waals surface area contributed by atoms with E-state index in [4.69, 9.17) is 0 Å². The zero-order chi connectivity index (χ0) is 10.5. The van der Waals surface area contributed by atoms with Gasteiger partial charge in [-0.15, -0.1) is 0 Å². The van der Waals surface area contributed by atoms with Crippen LogP contribution in [-0.2, 0) is 6.42 Å². The molecule has 1 fully saturated rings. The molecule has 16 heavy (non-hydrogen) atoms. The Balaban J connectivity index is 1.99. The van der Waals surface area contributed by atoms with Crippen molar-refractivity contribution in [2.24, 2.45) is 5.92 Å². The Bertz CT molecular complexity index is 541. The fourth-order valence-electron chi connectivity index (χ4n) is 3.51. The first-order chi connectivity index (χ1) is 7.93. The minimum atomic E-state index is 0.611. The van der Waals surface area contributed by atoms with Crippen LogP contribution in [0, 0.1) is 5.92 Å². The van der Waals surface area contributed by atoms with Gasteiger partial charge in [0.15, 0.2) is 0 Å². The molecule has 1 aromatic carbocycles. The van der Waals surface area contributed by atoms with Crippen LogP contribution in [0.3, 0.4) is 0 Å². The summed E-state index contributed by atoms with van der Waals surface area (Å²) in [6.45, 7) is 1.19. The van der Waals surface area contributed by atoms with Crippen LogP contribution in [-0.4, -0.2) is 11.5 Å². The highest BCUT2D eigenvalue weighted by Gasteiger charge is 2.35. The summed E-state index contributed by atoms with van der Waals surface area (Å²) in [5, 5.41) is 5.11. The van der Waals surface area contributed by atoms with Gasteiger partial charge in [-0.3, -0.25) is 0 Å². The van der Waals surface area contributed by atoms with Gasteiger partial charge < -0.3 is 10.3 Å². The number of H-pyrrole nitrogens is 1. The van der Waals surface area contributed by atoms with Gasteiger partial charge in [0, 0.05) is 22.6 Å². The van der Waals surface area contributed by atoms with Crippen molar-refractivity contribution in [2.45, 2.75) is 25.3 Å². The molecule has 2 N–H and O–H groups in total. The summed E-state index contributed by atoms with van der Waals surface area (Å²) in [6.07, 6.45) is 3.92. The number of nitrogens with one attached hydrogen (secondary N) is 2. The number of rotatable bonds is 0. The lowest BCUT2D eigenvalue weighted by atomic mass is 9.83.